The van der Waals surface area contributed by atoms with E-state index in [-0.39, 0.29) is 12.2 Å². The second kappa shape index (κ2) is 6.40. The lowest BCUT2D eigenvalue weighted by molar-refractivity contribution is -0.222. The van der Waals surface area contributed by atoms with Crippen LogP contribution >= 0.6 is 22.6 Å². The summed E-state index contributed by atoms with van der Waals surface area (Å²) in [6.45, 7) is 3.17. The monoisotopic (exact) mass is 412 g/mol. The number of terminal acetylenes is 1. The third-order valence-corrected chi connectivity index (χ3v) is 3.54. The molecule has 0 amide bonds. The number of carbonyl (C=O) groups is 2. The second-order valence-corrected chi connectivity index (χ2v) is 6.08. The molecule has 1 aromatic rings. The molecule has 0 radical (unpaired) electrons. The Morgan fingerprint density at radius 2 is 1.95 bits per heavy atom. The number of esters is 2. The molecular formula is C16H13IO5. The fourth-order valence-electron chi connectivity index (χ4n) is 1.79. The zero-order valence-corrected chi connectivity index (χ0v) is 14.2. The fourth-order valence-corrected chi connectivity index (χ4v) is 2.48. The molecule has 6 heteroatoms. The Morgan fingerprint density at radius 3 is 2.50 bits per heavy atom. The zero-order valence-electron chi connectivity index (χ0n) is 12.0. The van der Waals surface area contributed by atoms with Gasteiger partial charge in [-0.25, -0.2) is 9.59 Å². The van der Waals surface area contributed by atoms with Crippen molar-refractivity contribution >= 4 is 40.6 Å². The van der Waals surface area contributed by atoms with E-state index in [1.165, 1.54) is 19.9 Å². The lowest BCUT2D eigenvalue weighted by Crippen LogP contribution is -2.41. The first-order valence-electron chi connectivity index (χ1n) is 6.36. The van der Waals surface area contributed by atoms with Crippen molar-refractivity contribution in [3.63, 3.8) is 0 Å². The SMILES string of the molecule is C#CCOc1ccc(C=C2C(=O)OC(C)(C)OC2=O)cc1I. The smallest absolute Gasteiger partial charge is 0.348 e. The molecular weight excluding hydrogens is 399 g/mol. The van der Waals surface area contributed by atoms with Crippen molar-refractivity contribution in [3.05, 3.63) is 32.9 Å². The molecule has 0 spiro atoms. The summed E-state index contributed by atoms with van der Waals surface area (Å²) in [6, 6.07) is 5.19. The maximum atomic E-state index is 11.9. The first-order chi connectivity index (χ1) is 10.3. The van der Waals surface area contributed by atoms with Crippen molar-refractivity contribution in [2.24, 2.45) is 0 Å². The summed E-state index contributed by atoms with van der Waals surface area (Å²) in [5.41, 5.74) is 0.508. The van der Waals surface area contributed by atoms with Crippen LogP contribution in [0.15, 0.2) is 23.8 Å². The molecule has 0 unspecified atom stereocenters. The van der Waals surface area contributed by atoms with E-state index in [0.29, 0.717) is 11.3 Å². The van der Waals surface area contributed by atoms with Crippen LogP contribution < -0.4 is 4.74 Å². The normalized spacial score (nSPS) is 16.4. The highest BCUT2D eigenvalue weighted by Crippen LogP contribution is 2.26. The quantitative estimate of drug-likeness (QED) is 0.251. The maximum Gasteiger partial charge on any atom is 0.348 e. The summed E-state index contributed by atoms with van der Waals surface area (Å²) in [5, 5.41) is 0. The molecule has 1 fully saturated rings. The molecule has 1 aliphatic rings. The molecule has 1 aromatic carbocycles. The summed E-state index contributed by atoms with van der Waals surface area (Å²) in [4.78, 5) is 23.8. The van der Waals surface area contributed by atoms with Gasteiger partial charge in [0.2, 0.25) is 0 Å². The van der Waals surface area contributed by atoms with E-state index in [1.54, 1.807) is 18.2 Å². The van der Waals surface area contributed by atoms with Crippen molar-refractivity contribution in [1.82, 2.24) is 0 Å². The predicted molar refractivity (Wildman–Crippen MR) is 87.7 cm³/mol. The first-order valence-corrected chi connectivity index (χ1v) is 7.44. The van der Waals surface area contributed by atoms with Crippen LogP contribution in [0.1, 0.15) is 19.4 Å². The number of rotatable bonds is 3. The fraction of sp³-hybridized carbons (Fsp3) is 0.250. The maximum absolute atomic E-state index is 11.9. The van der Waals surface area contributed by atoms with Gasteiger partial charge in [-0.15, -0.1) is 6.42 Å². The second-order valence-electron chi connectivity index (χ2n) is 4.92. The summed E-state index contributed by atoms with van der Waals surface area (Å²) in [6.07, 6.45) is 6.57. The van der Waals surface area contributed by atoms with Gasteiger partial charge in [0.25, 0.3) is 5.79 Å². The predicted octanol–water partition coefficient (Wildman–Crippen LogP) is 2.52. The topological polar surface area (TPSA) is 61.8 Å². The molecule has 114 valence electrons. The largest absolute Gasteiger partial charge is 0.480 e. The van der Waals surface area contributed by atoms with E-state index in [0.717, 1.165) is 3.57 Å². The van der Waals surface area contributed by atoms with Crippen LogP contribution in [0.3, 0.4) is 0 Å². The summed E-state index contributed by atoms with van der Waals surface area (Å²) in [5.74, 6) is 0.365. The van der Waals surface area contributed by atoms with Crippen molar-refractivity contribution < 1.29 is 23.8 Å². The van der Waals surface area contributed by atoms with Gasteiger partial charge in [0.1, 0.15) is 17.9 Å². The van der Waals surface area contributed by atoms with Gasteiger partial charge >= 0.3 is 11.9 Å². The highest BCUT2D eigenvalue weighted by atomic mass is 127. The third kappa shape index (κ3) is 3.80. The van der Waals surface area contributed by atoms with Crippen molar-refractivity contribution in [2.45, 2.75) is 19.6 Å². The average molecular weight is 412 g/mol. The van der Waals surface area contributed by atoms with Gasteiger partial charge in [-0.1, -0.05) is 12.0 Å². The van der Waals surface area contributed by atoms with Crippen LogP contribution in [0.4, 0.5) is 0 Å². The Kier molecular flexibility index (Phi) is 4.76. The summed E-state index contributed by atoms with van der Waals surface area (Å²) < 4.78 is 16.2. The molecule has 0 atom stereocenters. The summed E-state index contributed by atoms with van der Waals surface area (Å²) >= 11 is 2.08. The molecule has 22 heavy (non-hydrogen) atoms. The highest BCUT2D eigenvalue weighted by Gasteiger charge is 2.38. The van der Waals surface area contributed by atoms with E-state index >= 15 is 0 Å². The standard InChI is InChI=1S/C16H13IO5/c1-4-7-20-13-6-5-10(9-12(13)17)8-11-14(18)21-16(2,3)22-15(11)19/h1,5-6,8-9H,7H2,2-3H3. The lowest BCUT2D eigenvalue weighted by Gasteiger charge is -2.29. The van der Waals surface area contributed by atoms with Crippen molar-refractivity contribution in [3.8, 4) is 18.1 Å². The molecule has 1 saturated heterocycles. The average Bonchev–Trinajstić information content (AvgIpc) is 2.41. The number of halogens is 1. The van der Waals surface area contributed by atoms with Gasteiger partial charge in [0.05, 0.1) is 3.57 Å². The Hall–Kier alpha value is -2.01. The first kappa shape index (κ1) is 16.4. The number of benzene rings is 1. The zero-order chi connectivity index (χ0) is 16.3. The Balaban J connectivity index is 2.26. The van der Waals surface area contributed by atoms with Crippen molar-refractivity contribution in [1.29, 1.82) is 0 Å². The highest BCUT2D eigenvalue weighted by molar-refractivity contribution is 14.1. The van der Waals surface area contributed by atoms with Crippen LogP contribution in [0.25, 0.3) is 6.08 Å². The van der Waals surface area contributed by atoms with Gasteiger partial charge in [-0.3, -0.25) is 0 Å². The minimum absolute atomic E-state index is 0.146. The van der Waals surface area contributed by atoms with Crippen LogP contribution in [0, 0.1) is 15.9 Å². The van der Waals surface area contributed by atoms with Crippen molar-refractivity contribution in [2.75, 3.05) is 6.61 Å². The molecule has 0 bridgehead atoms. The van der Waals surface area contributed by atoms with Gasteiger partial charge in [0.15, 0.2) is 0 Å². The molecule has 5 nitrogen and oxygen atoms in total. The molecule has 0 saturated carbocycles. The van der Waals surface area contributed by atoms with Gasteiger partial charge in [-0.05, 0) is 46.4 Å². The molecule has 0 aliphatic carbocycles. The van der Waals surface area contributed by atoms with Gasteiger partial charge < -0.3 is 14.2 Å². The number of hydrogen-bond acceptors (Lipinski definition) is 5. The van der Waals surface area contributed by atoms with Gasteiger partial charge in [-0.2, -0.15) is 0 Å². The van der Waals surface area contributed by atoms with E-state index in [4.69, 9.17) is 20.6 Å². The minimum atomic E-state index is -1.24. The Labute approximate surface area is 141 Å². The third-order valence-electron chi connectivity index (χ3n) is 2.69. The van der Waals surface area contributed by atoms with Crippen LogP contribution in [0.5, 0.6) is 5.75 Å². The van der Waals surface area contributed by atoms with E-state index in [1.807, 2.05) is 0 Å². The van der Waals surface area contributed by atoms with Crippen LogP contribution in [0.2, 0.25) is 0 Å². The molecule has 2 rings (SSSR count). The number of carbonyl (C=O) groups excluding carboxylic acids is 2. The molecule has 1 heterocycles. The molecule has 1 aliphatic heterocycles. The van der Waals surface area contributed by atoms with E-state index in [2.05, 4.69) is 28.5 Å². The van der Waals surface area contributed by atoms with Gasteiger partial charge in [0, 0.05) is 13.8 Å². The summed E-state index contributed by atoms with van der Waals surface area (Å²) in [7, 11) is 0. The van der Waals surface area contributed by atoms with E-state index in [9.17, 15) is 9.59 Å². The molecule has 0 N–H and O–H groups in total. The Bertz CT molecular complexity index is 675. The molecule has 0 aromatic heterocycles. The number of ether oxygens (including phenoxy) is 3. The number of hydrogen-bond donors (Lipinski definition) is 0. The minimum Gasteiger partial charge on any atom is -0.480 e. The van der Waals surface area contributed by atoms with Crippen LogP contribution in [-0.4, -0.2) is 24.3 Å². The lowest BCUT2D eigenvalue weighted by atomic mass is 10.1. The number of cyclic esters (lactones) is 2. The van der Waals surface area contributed by atoms with Crippen LogP contribution in [-0.2, 0) is 19.1 Å². The van der Waals surface area contributed by atoms with E-state index < -0.39 is 17.7 Å². The Morgan fingerprint density at radius 1 is 1.32 bits per heavy atom.